The average Bonchev–Trinajstić information content (AvgIpc) is 2.38. The molecule has 1 aromatic heterocycles. The third kappa shape index (κ3) is 2.82. The Morgan fingerprint density at radius 2 is 2.47 bits per heavy atom. The van der Waals surface area contributed by atoms with Gasteiger partial charge in [0, 0.05) is 38.1 Å². The van der Waals surface area contributed by atoms with E-state index < -0.39 is 0 Å². The Labute approximate surface area is 102 Å². The summed E-state index contributed by atoms with van der Waals surface area (Å²) in [5.74, 6) is 0.0975. The van der Waals surface area contributed by atoms with E-state index in [2.05, 4.69) is 17.2 Å². The predicted molar refractivity (Wildman–Crippen MR) is 66.7 cm³/mol. The maximum absolute atomic E-state index is 12.3. The summed E-state index contributed by atoms with van der Waals surface area (Å²) in [5, 5.41) is 3.34. The topological polar surface area (TPSA) is 45.2 Å². The number of nitrogens with one attached hydrogen (secondary N) is 1. The van der Waals surface area contributed by atoms with Gasteiger partial charge in [0.05, 0.1) is 5.92 Å². The molecule has 0 saturated carbocycles. The van der Waals surface area contributed by atoms with Crippen molar-refractivity contribution >= 4 is 5.91 Å². The lowest BCUT2D eigenvalue weighted by molar-refractivity contribution is -0.133. The van der Waals surface area contributed by atoms with Crippen LogP contribution in [0.1, 0.15) is 25.3 Å². The van der Waals surface area contributed by atoms with Crippen LogP contribution >= 0.6 is 0 Å². The highest BCUT2D eigenvalue weighted by molar-refractivity contribution is 5.83. The number of rotatable bonds is 2. The number of pyridine rings is 1. The standard InChI is InChI=1S/C13H19N3O/c1-10-9-16(7-6-15-10)13(17)11(2)12-4-3-5-14-8-12/h3-5,8,10-11,15H,6-7,9H2,1-2H3/t10-,11+/m1/s1. The van der Waals surface area contributed by atoms with Gasteiger partial charge in [-0.15, -0.1) is 0 Å². The van der Waals surface area contributed by atoms with Crippen molar-refractivity contribution in [3.63, 3.8) is 0 Å². The second-order valence-corrected chi connectivity index (χ2v) is 4.65. The quantitative estimate of drug-likeness (QED) is 0.829. The van der Waals surface area contributed by atoms with Crippen molar-refractivity contribution in [1.82, 2.24) is 15.2 Å². The monoisotopic (exact) mass is 233 g/mol. The Balaban J connectivity index is 2.04. The van der Waals surface area contributed by atoms with E-state index in [1.54, 1.807) is 12.4 Å². The minimum Gasteiger partial charge on any atom is -0.339 e. The molecule has 1 N–H and O–H groups in total. The first-order valence-electron chi connectivity index (χ1n) is 6.10. The molecule has 0 unspecified atom stereocenters. The highest BCUT2D eigenvalue weighted by atomic mass is 16.2. The van der Waals surface area contributed by atoms with E-state index in [1.807, 2.05) is 24.0 Å². The van der Waals surface area contributed by atoms with Gasteiger partial charge in [0.1, 0.15) is 0 Å². The van der Waals surface area contributed by atoms with Crippen molar-refractivity contribution in [2.24, 2.45) is 0 Å². The molecule has 92 valence electrons. The largest absolute Gasteiger partial charge is 0.339 e. The third-order valence-corrected chi connectivity index (χ3v) is 3.24. The van der Waals surface area contributed by atoms with Crippen molar-refractivity contribution in [2.45, 2.75) is 25.8 Å². The summed E-state index contributed by atoms with van der Waals surface area (Å²) >= 11 is 0. The summed E-state index contributed by atoms with van der Waals surface area (Å²) in [4.78, 5) is 18.3. The van der Waals surface area contributed by atoms with Crippen LogP contribution in [0.25, 0.3) is 0 Å². The van der Waals surface area contributed by atoms with E-state index in [-0.39, 0.29) is 11.8 Å². The normalized spacial score (nSPS) is 22.2. The van der Waals surface area contributed by atoms with Crippen molar-refractivity contribution in [2.75, 3.05) is 19.6 Å². The number of hydrogen-bond donors (Lipinski definition) is 1. The first-order chi connectivity index (χ1) is 8.18. The molecule has 2 atom stereocenters. The van der Waals surface area contributed by atoms with Crippen LogP contribution in [-0.2, 0) is 4.79 Å². The molecule has 1 saturated heterocycles. The molecule has 0 spiro atoms. The maximum Gasteiger partial charge on any atom is 0.229 e. The molecule has 1 aromatic rings. The lowest BCUT2D eigenvalue weighted by Gasteiger charge is -2.33. The maximum atomic E-state index is 12.3. The van der Waals surface area contributed by atoms with Gasteiger partial charge in [0.15, 0.2) is 0 Å². The molecule has 4 nitrogen and oxygen atoms in total. The van der Waals surface area contributed by atoms with E-state index in [9.17, 15) is 4.79 Å². The molecule has 1 fully saturated rings. The van der Waals surface area contributed by atoms with Crippen LogP contribution in [0.3, 0.4) is 0 Å². The Hall–Kier alpha value is -1.42. The summed E-state index contributed by atoms with van der Waals surface area (Å²) in [5.41, 5.74) is 0.990. The molecule has 2 heterocycles. The number of carbonyl (C=O) groups is 1. The van der Waals surface area contributed by atoms with E-state index in [4.69, 9.17) is 0 Å². The summed E-state index contributed by atoms with van der Waals surface area (Å²) < 4.78 is 0. The zero-order valence-electron chi connectivity index (χ0n) is 10.4. The van der Waals surface area contributed by atoms with Crippen LogP contribution < -0.4 is 5.32 Å². The van der Waals surface area contributed by atoms with Crippen molar-refractivity contribution < 1.29 is 4.79 Å². The Kier molecular flexibility index (Phi) is 3.74. The zero-order chi connectivity index (χ0) is 12.3. The first-order valence-corrected chi connectivity index (χ1v) is 6.10. The molecule has 1 amide bonds. The van der Waals surface area contributed by atoms with Gasteiger partial charge in [-0.05, 0) is 25.5 Å². The van der Waals surface area contributed by atoms with Crippen LogP contribution in [0.5, 0.6) is 0 Å². The van der Waals surface area contributed by atoms with E-state index in [0.29, 0.717) is 6.04 Å². The predicted octanol–water partition coefficient (Wildman–Crippen LogP) is 1.01. The fourth-order valence-electron chi connectivity index (χ4n) is 2.18. The fourth-order valence-corrected chi connectivity index (χ4v) is 2.18. The minimum atomic E-state index is -0.103. The lowest BCUT2D eigenvalue weighted by atomic mass is 10.0. The van der Waals surface area contributed by atoms with Crippen LogP contribution in [0.2, 0.25) is 0 Å². The fraction of sp³-hybridized carbons (Fsp3) is 0.538. The molecule has 0 bridgehead atoms. The number of hydrogen-bond acceptors (Lipinski definition) is 3. The van der Waals surface area contributed by atoms with Gasteiger partial charge >= 0.3 is 0 Å². The molecule has 0 aromatic carbocycles. The molecule has 0 aliphatic carbocycles. The molecule has 1 aliphatic rings. The molecular weight excluding hydrogens is 214 g/mol. The van der Waals surface area contributed by atoms with Gasteiger partial charge in [-0.1, -0.05) is 6.07 Å². The Morgan fingerprint density at radius 1 is 1.65 bits per heavy atom. The van der Waals surface area contributed by atoms with Gasteiger partial charge in [0.2, 0.25) is 5.91 Å². The summed E-state index contributed by atoms with van der Waals surface area (Å²) in [7, 11) is 0. The second kappa shape index (κ2) is 5.27. The van der Waals surface area contributed by atoms with Gasteiger partial charge < -0.3 is 10.2 Å². The van der Waals surface area contributed by atoms with Crippen LogP contribution in [0.4, 0.5) is 0 Å². The van der Waals surface area contributed by atoms with Gasteiger partial charge in [-0.2, -0.15) is 0 Å². The first kappa shape index (κ1) is 12.0. The number of carbonyl (C=O) groups excluding carboxylic acids is 1. The van der Waals surface area contributed by atoms with E-state index in [0.717, 1.165) is 25.2 Å². The lowest BCUT2D eigenvalue weighted by Crippen LogP contribution is -2.52. The number of piperazine rings is 1. The number of aromatic nitrogens is 1. The Bertz CT molecular complexity index is 380. The summed E-state index contributed by atoms with van der Waals surface area (Å²) in [6.45, 7) is 6.53. The van der Waals surface area contributed by atoms with Crippen LogP contribution in [0, 0.1) is 0 Å². The van der Waals surface area contributed by atoms with Gasteiger partial charge in [0.25, 0.3) is 0 Å². The van der Waals surface area contributed by atoms with Gasteiger partial charge in [-0.3, -0.25) is 9.78 Å². The summed E-state index contributed by atoms with van der Waals surface area (Å²) in [6.07, 6.45) is 3.50. The highest BCUT2D eigenvalue weighted by Gasteiger charge is 2.25. The third-order valence-electron chi connectivity index (χ3n) is 3.24. The van der Waals surface area contributed by atoms with E-state index in [1.165, 1.54) is 0 Å². The number of amides is 1. The minimum absolute atomic E-state index is 0.103. The van der Waals surface area contributed by atoms with Crippen molar-refractivity contribution in [3.8, 4) is 0 Å². The molecule has 17 heavy (non-hydrogen) atoms. The summed E-state index contributed by atoms with van der Waals surface area (Å²) in [6, 6.07) is 4.22. The van der Waals surface area contributed by atoms with Crippen molar-refractivity contribution in [1.29, 1.82) is 0 Å². The molecule has 0 radical (unpaired) electrons. The van der Waals surface area contributed by atoms with Crippen molar-refractivity contribution in [3.05, 3.63) is 30.1 Å². The van der Waals surface area contributed by atoms with Gasteiger partial charge in [-0.25, -0.2) is 0 Å². The molecule has 1 aliphatic heterocycles. The molecule has 2 rings (SSSR count). The second-order valence-electron chi connectivity index (χ2n) is 4.65. The molecular formula is C13H19N3O. The molecule has 4 heteroatoms. The SMILES string of the molecule is C[C@@H]1CN(C(=O)[C@@H](C)c2cccnc2)CCN1. The van der Waals surface area contributed by atoms with E-state index >= 15 is 0 Å². The van der Waals surface area contributed by atoms with Crippen LogP contribution in [-0.4, -0.2) is 41.5 Å². The Morgan fingerprint density at radius 3 is 3.12 bits per heavy atom. The average molecular weight is 233 g/mol. The smallest absolute Gasteiger partial charge is 0.229 e. The highest BCUT2D eigenvalue weighted by Crippen LogP contribution is 2.17. The van der Waals surface area contributed by atoms with Crippen LogP contribution in [0.15, 0.2) is 24.5 Å². The zero-order valence-corrected chi connectivity index (χ0v) is 10.4. The number of nitrogens with zero attached hydrogens (tertiary/aromatic N) is 2.